The molecule has 76 valence electrons. The maximum atomic E-state index is 5.30. The molecule has 0 radical (unpaired) electrons. The van der Waals surface area contributed by atoms with Crippen LogP contribution in [-0.2, 0) is 11.2 Å². The van der Waals surface area contributed by atoms with E-state index in [1.54, 1.807) is 13.4 Å². The number of methoxy groups -OCH3 is 1. The van der Waals surface area contributed by atoms with Crippen molar-refractivity contribution in [2.75, 3.05) is 13.7 Å². The van der Waals surface area contributed by atoms with Crippen molar-refractivity contribution in [3.05, 3.63) is 42.2 Å². The van der Waals surface area contributed by atoms with E-state index in [0.717, 1.165) is 18.8 Å². The summed E-state index contributed by atoms with van der Waals surface area (Å²) in [5.41, 5.74) is 1.26. The van der Waals surface area contributed by atoms with Crippen LogP contribution < -0.4 is 4.74 Å². The van der Waals surface area contributed by atoms with Crippen LogP contribution in [0.25, 0.3) is 0 Å². The molecule has 0 N–H and O–H groups in total. The predicted molar refractivity (Wildman–Crippen MR) is 57.5 cm³/mol. The summed E-state index contributed by atoms with van der Waals surface area (Å²) in [4.78, 5) is 0. The van der Waals surface area contributed by atoms with E-state index in [0.29, 0.717) is 0 Å². The van der Waals surface area contributed by atoms with E-state index in [1.807, 2.05) is 25.1 Å². The lowest BCUT2D eigenvalue weighted by molar-refractivity contribution is 0.202. The Hall–Kier alpha value is -1.28. The van der Waals surface area contributed by atoms with Crippen molar-refractivity contribution in [2.24, 2.45) is 0 Å². The number of rotatable bonds is 5. The van der Waals surface area contributed by atoms with Crippen molar-refractivity contribution in [2.45, 2.75) is 13.3 Å². The highest BCUT2D eigenvalue weighted by Crippen LogP contribution is 2.12. The maximum Gasteiger partial charge on any atom is 0.126 e. The third-order valence-electron chi connectivity index (χ3n) is 1.86. The van der Waals surface area contributed by atoms with Crippen molar-refractivity contribution in [3.8, 4) is 5.75 Å². The van der Waals surface area contributed by atoms with Crippen LogP contribution in [-0.4, -0.2) is 13.7 Å². The highest BCUT2D eigenvalue weighted by molar-refractivity contribution is 5.27. The monoisotopic (exact) mass is 192 g/mol. The first-order chi connectivity index (χ1) is 6.86. The fourth-order valence-electron chi connectivity index (χ4n) is 1.10. The molecular weight excluding hydrogens is 176 g/mol. The molecule has 1 rings (SSSR count). The molecule has 2 nitrogen and oxygen atoms in total. The maximum absolute atomic E-state index is 5.30. The van der Waals surface area contributed by atoms with Gasteiger partial charge in [0.1, 0.15) is 5.75 Å². The number of hydrogen-bond acceptors (Lipinski definition) is 2. The van der Waals surface area contributed by atoms with E-state index in [4.69, 9.17) is 9.47 Å². The van der Waals surface area contributed by atoms with E-state index in [9.17, 15) is 0 Å². The highest BCUT2D eigenvalue weighted by Gasteiger charge is 1.93. The summed E-state index contributed by atoms with van der Waals surface area (Å²) >= 11 is 0. The molecule has 0 saturated carbocycles. The lowest BCUT2D eigenvalue weighted by Crippen LogP contribution is -1.93. The molecule has 0 bridgehead atoms. The minimum absolute atomic E-state index is 0.759. The third kappa shape index (κ3) is 3.62. The lowest BCUT2D eigenvalue weighted by atomic mass is 10.1. The zero-order valence-electron chi connectivity index (χ0n) is 8.69. The summed E-state index contributed by atoms with van der Waals surface area (Å²) < 4.78 is 10.3. The molecule has 0 saturated heterocycles. The van der Waals surface area contributed by atoms with Crippen molar-refractivity contribution in [1.29, 1.82) is 0 Å². The molecule has 0 aliphatic rings. The van der Waals surface area contributed by atoms with Crippen LogP contribution in [0.3, 0.4) is 0 Å². The minimum atomic E-state index is 0.759. The van der Waals surface area contributed by atoms with E-state index >= 15 is 0 Å². The first-order valence-corrected chi connectivity index (χ1v) is 4.72. The number of ether oxygens (including phenoxy) is 2. The standard InChI is InChI=1S/C12H16O2/c1-3-9-14-12-6-4-11(5-7-12)8-10-13-2/h3-7,9H,8,10H2,1-2H3. The molecule has 1 aromatic carbocycles. The lowest BCUT2D eigenvalue weighted by Gasteiger charge is -2.02. The van der Waals surface area contributed by atoms with Crippen LogP contribution in [0.15, 0.2) is 36.6 Å². The molecule has 0 unspecified atom stereocenters. The van der Waals surface area contributed by atoms with Crippen LogP contribution in [0.5, 0.6) is 5.75 Å². The number of benzene rings is 1. The molecule has 0 heterocycles. The first-order valence-electron chi connectivity index (χ1n) is 4.72. The smallest absolute Gasteiger partial charge is 0.126 e. The summed E-state index contributed by atoms with van der Waals surface area (Å²) in [5.74, 6) is 0.865. The van der Waals surface area contributed by atoms with E-state index in [1.165, 1.54) is 5.56 Å². The van der Waals surface area contributed by atoms with Crippen LogP contribution in [0.2, 0.25) is 0 Å². The summed E-state index contributed by atoms with van der Waals surface area (Å²) in [6.45, 7) is 2.68. The van der Waals surface area contributed by atoms with Crippen LogP contribution >= 0.6 is 0 Å². The highest BCUT2D eigenvalue weighted by atomic mass is 16.5. The van der Waals surface area contributed by atoms with Crippen molar-refractivity contribution in [1.82, 2.24) is 0 Å². The van der Waals surface area contributed by atoms with Gasteiger partial charge in [-0.25, -0.2) is 0 Å². The largest absolute Gasteiger partial charge is 0.465 e. The molecule has 0 fully saturated rings. The van der Waals surface area contributed by atoms with Gasteiger partial charge in [0, 0.05) is 7.11 Å². The van der Waals surface area contributed by atoms with Gasteiger partial charge in [0.05, 0.1) is 12.9 Å². The van der Waals surface area contributed by atoms with Gasteiger partial charge < -0.3 is 9.47 Å². The fraction of sp³-hybridized carbons (Fsp3) is 0.333. The van der Waals surface area contributed by atoms with Gasteiger partial charge in [0.25, 0.3) is 0 Å². The van der Waals surface area contributed by atoms with Gasteiger partial charge in [0.15, 0.2) is 0 Å². The Bertz CT molecular complexity index is 275. The predicted octanol–water partition coefficient (Wildman–Crippen LogP) is 2.79. The molecule has 14 heavy (non-hydrogen) atoms. The van der Waals surface area contributed by atoms with Crippen LogP contribution in [0.1, 0.15) is 12.5 Å². The van der Waals surface area contributed by atoms with Crippen molar-refractivity contribution < 1.29 is 9.47 Å². The summed E-state index contributed by atoms with van der Waals surface area (Å²) in [6.07, 6.45) is 4.48. The summed E-state index contributed by atoms with van der Waals surface area (Å²) in [7, 11) is 1.71. The normalized spacial score (nSPS) is 10.7. The molecule has 0 amide bonds. The van der Waals surface area contributed by atoms with E-state index < -0.39 is 0 Å². The van der Waals surface area contributed by atoms with Gasteiger partial charge >= 0.3 is 0 Å². The van der Waals surface area contributed by atoms with Gasteiger partial charge in [-0.2, -0.15) is 0 Å². The Morgan fingerprint density at radius 3 is 2.50 bits per heavy atom. The van der Waals surface area contributed by atoms with Gasteiger partial charge in [-0.05, 0) is 31.0 Å². The summed E-state index contributed by atoms with van der Waals surface area (Å²) in [5, 5.41) is 0. The average Bonchev–Trinajstić information content (AvgIpc) is 2.25. The van der Waals surface area contributed by atoms with E-state index in [2.05, 4.69) is 12.1 Å². The molecule has 1 aromatic rings. The molecule has 2 heteroatoms. The Morgan fingerprint density at radius 2 is 1.93 bits per heavy atom. The quantitative estimate of drug-likeness (QED) is 0.668. The average molecular weight is 192 g/mol. The molecule has 0 spiro atoms. The number of hydrogen-bond donors (Lipinski definition) is 0. The molecule has 0 atom stereocenters. The van der Waals surface area contributed by atoms with E-state index in [-0.39, 0.29) is 0 Å². The fourth-order valence-corrected chi connectivity index (χ4v) is 1.10. The third-order valence-corrected chi connectivity index (χ3v) is 1.86. The molecule has 0 aliphatic carbocycles. The first kappa shape index (κ1) is 10.8. The molecule has 0 aliphatic heterocycles. The molecular formula is C12H16O2. The Labute approximate surface area is 85.2 Å². The minimum Gasteiger partial charge on any atom is -0.465 e. The second-order valence-corrected chi connectivity index (χ2v) is 2.97. The van der Waals surface area contributed by atoms with Crippen molar-refractivity contribution in [3.63, 3.8) is 0 Å². The summed E-state index contributed by atoms with van der Waals surface area (Å²) in [6, 6.07) is 8.03. The van der Waals surface area contributed by atoms with Crippen molar-refractivity contribution >= 4 is 0 Å². The molecule has 0 aromatic heterocycles. The second-order valence-electron chi connectivity index (χ2n) is 2.97. The SMILES string of the molecule is CC=COc1ccc(CCOC)cc1. The second kappa shape index (κ2) is 6.22. The Balaban J connectivity index is 2.50. The zero-order chi connectivity index (χ0) is 10.2. The van der Waals surface area contributed by atoms with Gasteiger partial charge in [-0.1, -0.05) is 18.2 Å². The van der Waals surface area contributed by atoms with Crippen LogP contribution in [0.4, 0.5) is 0 Å². The Kier molecular flexibility index (Phi) is 4.79. The number of allylic oxidation sites excluding steroid dienone is 1. The van der Waals surface area contributed by atoms with Gasteiger partial charge in [-0.3, -0.25) is 0 Å². The van der Waals surface area contributed by atoms with Gasteiger partial charge in [-0.15, -0.1) is 0 Å². The van der Waals surface area contributed by atoms with Gasteiger partial charge in [0.2, 0.25) is 0 Å². The topological polar surface area (TPSA) is 18.5 Å². The Morgan fingerprint density at radius 1 is 1.21 bits per heavy atom. The zero-order valence-corrected chi connectivity index (χ0v) is 8.69. The van der Waals surface area contributed by atoms with Crippen LogP contribution in [0, 0.1) is 0 Å².